The molecule has 23 atom stereocenters. The number of hydrogen-bond acceptors (Lipinski definition) is 17. The van der Waals surface area contributed by atoms with Crippen LogP contribution in [0.4, 0.5) is 0 Å². The summed E-state index contributed by atoms with van der Waals surface area (Å²) in [6.07, 6.45) is -15.6. The van der Waals surface area contributed by atoms with E-state index in [1.54, 1.807) is 6.92 Å². The van der Waals surface area contributed by atoms with Gasteiger partial charge in [0.2, 0.25) is 0 Å². The molecule has 4 aliphatic carbocycles. The first-order chi connectivity index (χ1) is 26.5. The van der Waals surface area contributed by atoms with Crippen LogP contribution >= 0.6 is 0 Å². The standard InChI is InChI=1S/C39H64O17/c1-16(42)20-6-7-21-19-5-4-17-12-18(8-10-38(17,2)22(19)9-11-39(20,21)3)52-37-34(56-36-33(50)30(47)27(44)24(14-41)54-36)31(48)28(45)25(55-37)15-51-35-32(49)29(46)26(43)23(13-40)53-35/h17-37,40-41,43-50H,4-15H2,1-3H3. The first kappa shape index (κ1) is 43.1. The van der Waals surface area contributed by atoms with E-state index in [4.69, 9.17) is 28.4 Å². The van der Waals surface area contributed by atoms with Crippen LogP contribution in [0.1, 0.15) is 78.6 Å². The zero-order valence-electron chi connectivity index (χ0n) is 32.4. The third-order valence-corrected chi connectivity index (χ3v) is 15.5. The minimum atomic E-state index is -1.81. The van der Waals surface area contributed by atoms with Crippen LogP contribution in [-0.4, -0.2) is 175 Å². The smallest absolute Gasteiger partial charge is 0.187 e. The van der Waals surface area contributed by atoms with E-state index in [0.29, 0.717) is 42.3 Å². The van der Waals surface area contributed by atoms with E-state index in [1.165, 1.54) is 0 Å². The second-order valence-electron chi connectivity index (χ2n) is 18.3. The number of aliphatic hydroxyl groups excluding tert-OH is 10. The molecule has 23 unspecified atom stereocenters. The van der Waals surface area contributed by atoms with Crippen molar-refractivity contribution in [3.8, 4) is 0 Å². The summed E-state index contributed by atoms with van der Waals surface area (Å²) in [6, 6.07) is 0. The van der Waals surface area contributed by atoms with Gasteiger partial charge in [0.05, 0.1) is 25.9 Å². The van der Waals surface area contributed by atoms with E-state index in [-0.39, 0.29) is 22.9 Å². The highest BCUT2D eigenvalue weighted by molar-refractivity contribution is 5.79. The summed E-state index contributed by atoms with van der Waals surface area (Å²) in [5.41, 5.74) is 0.120. The van der Waals surface area contributed by atoms with Crippen molar-refractivity contribution in [3.05, 3.63) is 0 Å². The fraction of sp³-hybridized carbons (Fsp3) is 0.974. The van der Waals surface area contributed by atoms with Crippen molar-refractivity contribution < 1.29 is 84.3 Å². The van der Waals surface area contributed by atoms with Crippen molar-refractivity contribution in [1.82, 2.24) is 0 Å². The molecule has 3 aliphatic heterocycles. The van der Waals surface area contributed by atoms with Crippen LogP contribution in [0.5, 0.6) is 0 Å². The molecule has 0 aromatic heterocycles. The Hall–Kier alpha value is -0.970. The van der Waals surface area contributed by atoms with Gasteiger partial charge in [-0.2, -0.15) is 0 Å². The predicted molar refractivity (Wildman–Crippen MR) is 190 cm³/mol. The van der Waals surface area contributed by atoms with E-state index in [0.717, 1.165) is 44.9 Å². The highest BCUT2D eigenvalue weighted by Crippen LogP contribution is 2.67. The Bertz CT molecular complexity index is 1350. The Labute approximate surface area is 326 Å². The number of hydrogen-bond donors (Lipinski definition) is 10. The second kappa shape index (κ2) is 16.8. The van der Waals surface area contributed by atoms with Crippen LogP contribution in [0, 0.1) is 40.4 Å². The van der Waals surface area contributed by atoms with E-state index in [9.17, 15) is 55.9 Å². The van der Waals surface area contributed by atoms with Gasteiger partial charge in [-0.15, -0.1) is 0 Å². The van der Waals surface area contributed by atoms with Gasteiger partial charge < -0.3 is 79.5 Å². The number of carbonyl (C=O) groups is 1. The maximum atomic E-state index is 12.6. The molecule has 0 aromatic rings. The van der Waals surface area contributed by atoms with Crippen molar-refractivity contribution in [1.29, 1.82) is 0 Å². The number of ether oxygens (including phenoxy) is 6. The molecule has 7 fully saturated rings. The van der Waals surface area contributed by atoms with Crippen molar-refractivity contribution in [3.63, 3.8) is 0 Å². The minimum absolute atomic E-state index is 0.0548. The maximum absolute atomic E-state index is 12.6. The molecule has 322 valence electrons. The number of fused-ring (bicyclic) bond motifs is 5. The third kappa shape index (κ3) is 7.53. The highest BCUT2D eigenvalue weighted by atomic mass is 16.8. The second-order valence-corrected chi connectivity index (χ2v) is 18.3. The fourth-order valence-electron chi connectivity index (χ4n) is 12.2. The monoisotopic (exact) mass is 804 g/mol. The molecule has 0 radical (unpaired) electrons. The van der Waals surface area contributed by atoms with E-state index in [1.807, 2.05) is 0 Å². The molecule has 4 saturated carbocycles. The Balaban J connectivity index is 1.07. The summed E-state index contributed by atoms with van der Waals surface area (Å²) < 4.78 is 35.5. The number of rotatable bonds is 10. The lowest BCUT2D eigenvalue weighted by Crippen LogP contribution is -2.65. The molecule has 0 amide bonds. The van der Waals surface area contributed by atoms with Crippen LogP contribution in [0.2, 0.25) is 0 Å². The molecule has 17 nitrogen and oxygen atoms in total. The Kier molecular flexibility index (Phi) is 13.0. The van der Waals surface area contributed by atoms with Gasteiger partial charge in [0, 0.05) is 5.92 Å². The summed E-state index contributed by atoms with van der Waals surface area (Å²) in [4.78, 5) is 12.6. The lowest BCUT2D eigenvalue weighted by Gasteiger charge is -2.61. The molecule has 3 saturated heterocycles. The quantitative estimate of drug-likeness (QED) is 0.108. The van der Waals surface area contributed by atoms with E-state index >= 15 is 0 Å². The Morgan fingerprint density at radius 2 is 1.18 bits per heavy atom. The topological polar surface area (TPSA) is 275 Å². The molecule has 10 N–H and O–H groups in total. The summed E-state index contributed by atoms with van der Waals surface area (Å²) >= 11 is 0. The lowest BCUT2D eigenvalue weighted by atomic mass is 9.44. The normalized spacial score (nSPS) is 54.8. The van der Waals surface area contributed by atoms with Crippen LogP contribution < -0.4 is 0 Å². The number of Topliss-reactive ketones (excluding diaryl/α,β-unsaturated/α-hetero) is 1. The summed E-state index contributed by atoms with van der Waals surface area (Å²) in [5.74, 6) is 2.40. The average molecular weight is 805 g/mol. The average Bonchev–Trinajstić information content (AvgIpc) is 3.54. The van der Waals surface area contributed by atoms with Gasteiger partial charge in [-0.25, -0.2) is 0 Å². The number of ketones is 1. The van der Waals surface area contributed by atoms with Gasteiger partial charge in [0.1, 0.15) is 79.0 Å². The molecule has 0 bridgehead atoms. The van der Waals surface area contributed by atoms with Crippen LogP contribution in [0.15, 0.2) is 0 Å². The van der Waals surface area contributed by atoms with Crippen molar-refractivity contribution in [2.45, 2.75) is 177 Å². The molecule has 17 heteroatoms. The molecule has 7 rings (SSSR count). The first-order valence-electron chi connectivity index (χ1n) is 20.6. The van der Waals surface area contributed by atoms with Crippen molar-refractivity contribution >= 4 is 5.78 Å². The van der Waals surface area contributed by atoms with Gasteiger partial charge >= 0.3 is 0 Å². The lowest BCUT2D eigenvalue weighted by molar-refractivity contribution is -0.378. The zero-order valence-corrected chi connectivity index (χ0v) is 32.4. The fourth-order valence-corrected chi connectivity index (χ4v) is 12.2. The van der Waals surface area contributed by atoms with E-state index in [2.05, 4.69) is 13.8 Å². The van der Waals surface area contributed by atoms with Gasteiger partial charge in [-0.1, -0.05) is 13.8 Å². The molecular weight excluding hydrogens is 740 g/mol. The van der Waals surface area contributed by atoms with Crippen LogP contribution in [-0.2, 0) is 33.2 Å². The molecule has 3 heterocycles. The summed E-state index contributed by atoms with van der Waals surface area (Å²) in [7, 11) is 0. The molecule has 0 aromatic carbocycles. The largest absolute Gasteiger partial charge is 0.394 e. The van der Waals surface area contributed by atoms with Crippen molar-refractivity contribution in [2.24, 2.45) is 40.4 Å². The molecule has 56 heavy (non-hydrogen) atoms. The molecule has 7 aliphatic rings. The number of carbonyl (C=O) groups excluding carboxylic acids is 1. The van der Waals surface area contributed by atoms with Crippen molar-refractivity contribution in [2.75, 3.05) is 19.8 Å². The first-order valence-corrected chi connectivity index (χ1v) is 20.6. The van der Waals surface area contributed by atoms with Gasteiger partial charge in [-0.05, 0) is 99.2 Å². The van der Waals surface area contributed by atoms with Gasteiger partial charge in [0.25, 0.3) is 0 Å². The van der Waals surface area contributed by atoms with Gasteiger partial charge in [0.15, 0.2) is 18.9 Å². The molecular formula is C39H64O17. The summed E-state index contributed by atoms with van der Waals surface area (Å²) in [6.45, 7) is 4.59. The zero-order chi connectivity index (χ0) is 40.4. The number of aliphatic hydroxyl groups is 10. The van der Waals surface area contributed by atoms with Crippen LogP contribution in [0.3, 0.4) is 0 Å². The maximum Gasteiger partial charge on any atom is 0.187 e. The predicted octanol–water partition coefficient (Wildman–Crippen LogP) is -1.93. The SMILES string of the molecule is CC(=O)C1CCC2C3CCC4CC(OC5OC(COC6OC(CO)C(O)C(O)C6O)C(O)C(O)C5OC5OC(CO)C(O)C(O)C5O)CCC4(C)C3CCC12C. The summed E-state index contributed by atoms with van der Waals surface area (Å²) in [5, 5.41) is 105. The molecule has 0 spiro atoms. The third-order valence-electron chi connectivity index (χ3n) is 15.5. The minimum Gasteiger partial charge on any atom is -0.394 e. The Morgan fingerprint density at radius 3 is 1.82 bits per heavy atom. The van der Waals surface area contributed by atoms with Crippen LogP contribution in [0.25, 0.3) is 0 Å². The Morgan fingerprint density at radius 1 is 0.607 bits per heavy atom. The van der Waals surface area contributed by atoms with E-state index < -0.39 is 112 Å². The van der Waals surface area contributed by atoms with Gasteiger partial charge in [-0.3, -0.25) is 4.79 Å². The highest BCUT2D eigenvalue weighted by Gasteiger charge is 2.61.